The lowest BCUT2D eigenvalue weighted by atomic mass is 10.2. The first-order valence-electron chi connectivity index (χ1n) is 8.37. The number of rotatable bonds is 7. The number of hydrogen-bond acceptors (Lipinski definition) is 4. The molecule has 0 bridgehead atoms. The molecular weight excluding hydrogens is 351 g/mol. The normalized spacial score (nSPS) is 10.5. The fourth-order valence-corrected chi connectivity index (χ4v) is 3.30. The van der Waals surface area contributed by atoms with E-state index in [2.05, 4.69) is 10.3 Å². The molecule has 1 heterocycles. The van der Waals surface area contributed by atoms with Crippen molar-refractivity contribution in [2.45, 2.75) is 13.3 Å². The van der Waals surface area contributed by atoms with Crippen LogP contribution in [0, 0.1) is 5.82 Å². The minimum absolute atomic E-state index is 0.131. The Labute approximate surface area is 155 Å². The zero-order valence-electron chi connectivity index (χ0n) is 14.4. The van der Waals surface area contributed by atoms with Gasteiger partial charge in [-0.15, -0.1) is 11.3 Å². The Kier molecular flexibility index (Phi) is 5.96. The second kappa shape index (κ2) is 8.58. The van der Waals surface area contributed by atoms with E-state index in [9.17, 15) is 9.18 Å². The molecule has 0 fully saturated rings. The molecule has 0 aliphatic rings. The van der Waals surface area contributed by atoms with Crippen LogP contribution in [0.15, 0.2) is 53.9 Å². The van der Waals surface area contributed by atoms with Gasteiger partial charge in [0.05, 0.1) is 12.3 Å². The number of carbonyl (C=O) groups excluding carboxylic acids is 1. The molecule has 4 nitrogen and oxygen atoms in total. The largest absolute Gasteiger partial charge is 0.494 e. The molecule has 1 aromatic heterocycles. The number of hydrogen-bond donors (Lipinski definition) is 1. The first-order valence-corrected chi connectivity index (χ1v) is 9.25. The minimum Gasteiger partial charge on any atom is -0.494 e. The van der Waals surface area contributed by atoms with Gasteiger partial charge in [-0.1, -0.05) is 12.1 Å². The van der Waals surface area contributed by atoms with Crippen LogP contribution in [0.25, 0.3) is 10.6 Å². The predicted molar refractivity (Wildman–Crippen MR) is 101 cm³/mol. The number of ether oxygens (including phenoxy) is 1. The van der Waals surface area contributed by atoms with Crippen LogP contribution in [0.5, 0.6) is 5.75 Å². The fourth-order valence-electron chi connectivity index (χ4n) is 2.45. The monoisotopic (exact) mass is 370 g/mol. The van der Waals surface area contributed by atoms with Crippen molar-refractivity contribution in [2.24, 2.45) is 0 Å². The van der Waals surface area contributed by atoms with Crippen LogP contribution in [-0.2, 0) is 6.42 Å². The lowest BCUT2D eigenvalue weighted by Gasteiger charge is -2.06. The molecule has 0 spiro atoms. The highest BCUT2D eigenvalue weighted by atomic mass is 32.1. The summed E-state index contributed by atoms with van der Waals surface area (Å²) in [7, 11) is 0. The first-order chi connectivity index (χ1) is 12.7. The first kappa shape index (κ1) is 18.1. The zero-order chi connectivity index (χ0) is 18.4. The number of carbonyl (C=O) groups is 1. The van der Waals surface area contributed by atoms with Crippen LogP contribution < -0.4 is 10.1 Å². The number of amides is 1. The number of nitrogens with zero attached hydrogens (tertiary/aromatic N) is 1. The maximum absolute atomic E-state index is 13.3. The molecule has 6 heteroatoms. The van der Waals surface area contributed by atoms with Gasteiger partial charge < -0.3 is 10.1 Å². The molecule has 0 unspecified atom stereocenters. The van der Waals surface area contributed by atoms with Crippen LogP contribution in [0.4, 0.5) is 4.39 Å². The standard InChI is InChI=1S/C20H19FN2O2S/c1-2-25-18-8-6-14(7-9-18)19(24)22-11-10-17-13-26-20(23-17)15-4-3-5-16(21)12-15/h3-9,12-13H,2,10-11H2,1H3,(H,22,24). The van der Waals surface area contributed by atoms with Gasteiger partial charge in [-0.25, -0.2) is 9.37 Å². The van der Waals surface area contributed by atoms with Crippen LogP contribution >= 0.6 is 11.3 Å². The van der Waals surface area contributed by atoms with Gasteiger partial charge in [-0.05, 0) is 43.3 Å². The smallest absolute Gasteiger partial charge is 0.251 e. The van der Waals surface area contributed by atoms with Crippen molar-refractivity contribution < 1.29 is 13.9 Å². The highest BCUT2D eigenvalue weighted by Gasteiger charge is 2.08. The van der Waals surface area contributed by atoms with Crippen LogP contribution in [0.2, 0.25) is 0 Å². The quantitative estimate of drug-likeness (QED) is 0.674. The Bertz CT molecular complexity index is 878. The fraction of sp³-hybridized carbons (Fsp3) is 0.200. The van der Waals surface area contributed by atoms with E-state index in [0.717, 1.165) is 22.0 Å². The van der Waals surface area contributed by atoms with Gasteiger partial charge >= 0.3 is 0 Å². The number of nitrogens with one attached hydrogen (secondary N) is 1. The second-order valence-electron chi connectivity index (χ2n) is 5.62. The van der Waals surface area contributed by atoms with Crippen molar-refractivity contribution in [3.8, 4) is 16.3 Å². The highest BCUT2D eigenvalue weighted by molar-refractivity contribution is 7.13. The number of halogens is 1. The van der Waals surface area contributed by atoms with Gasteiger partial charge in [0.2, 0.25) is 0 Å². The predicted octanol–water partition coefficient (Wildman–Crippen LogP) is 4.32. The molecule has 0 aliphatic heterocycles. The van der Waals surface area contributed by atoms with E-state index in [4.69, 9.17) is 4.74 Å². The molecule has 0 saturated heterocycles. The number of thiazole rings is 1. The van der Waals surface area contributed by atoms with Crippen molar-refractivity contribution in [1.29, 1.82) is 0 Å². The third-order valence-corrected chi connectivity index (χ3v) is 4.66. The third-order valence-electron chi connectivity index (χ3n) is 3.72. The van der Waals surface area contributed by atoms with Crippen LogP contribution in [-0.4, -0.2) is 24.0 Å². The molecule has 26 heavy (non-hydrogen) atoms. The summed E-state index contributed by atoms with van der Waals surface area (Å²) in [6.07, 6.45) is 0.620. The summed E-state index contributed by atoms with van der Waals surface area (Å²) in [6, 6.07) is 13.4. The molecule has 3 aromatic rings. The Morgan fingerprint density at radius 1 is 1.23 bits per heavy atom. The van der Waals surface area contributed by atoms with Crippen molar-refractivity contribution in [2.75, 3.05) is 13.2 Å². The molecule has 134 valence electrons. The van der Waals surface area contributed by atoms with E-state index >= 15 is 0 Å². The maximum Gasteiger partial charge on any atom is 0.251 e. The molecule has 1 N–H and O–H groups in total. The van der Waals surface area contributed by atoms with Gasteiger partial charge in [0.1, 0.15) is 16.6 Å². The molecule has 3 rings (SSSR count). The average molecular weight is 370 g/mol. The topological polar surface area (TPSA) is 51.2 Å². The molecule has 0 radical (unpaired) electrons. The number of aromatic nitrogens is 1. The Hall–Kier alpha value is -2.73. The van der Waals surface area contributed by atoms with Gasteiger partial charge in [-0.2, -0.15) is 0 Å². The van der Waals surface area contributed by atoms with Crippen LogP contribution in [0.3, 0.4) is 0 Å². The Morgan fingerprint density at radius 3 is 2.77 bits per heavy atom. The number of benzene rings is 2. The summed E-state index contributed by atoms with van der Waals surface area (Å²) < 4.78 is 18.7. The van der Waals surface area contributed by atoms with E-state index < -0.39 is 0 Å². The SMILES string of the molecule is CCOc1ccc(C(=O)NCCc2csc(-c3cccc(F)c3)n2)cc1. The van der Waals surface area contributed by atoms with Gasteiger partial charge in [-0.3, -0.25) is 4.79 Å². The van der Waals surface area contributed by atoms with Gasteiger partial charge in [0.15, 0.2) is 0 Å². The van der Waals surface area contributed by atoms with Crippen molar-refractivity contribution >= 4 is 17.2 Å². The molecular formula is C20H19FN2O2S. The summed E-state index contributed by atoms with van der Waals surface area (Å²) in [5.41, 5.74) is 2.23. The zero-order valence-corrected chi connectivity index (χ0v) is 15.2. The lowest BCUT2D eigenvalue weighted by Crippen LogP contribution is -2.25. The van der Waals surface area contributed by atoms with E-state index in [1.165, 1.54) is 23.5 Å². The molecule has 0 atom stereocenters. The van der Waals surface area contributed by atoms with E-state index in [0.29, 0.717) is 25.1 Å². The van der Waals surface area contributed by atoms with E-state index in [1.807, 2.05) is 18.4 Å². The van der Waals surface area contributed by atoms with Crippen molar-refractivity contribution in [3.05, 3.63) is 71.0 Å². The Morgan fingerprint density at radius 2 is 2.04 bits per heavy atom. The van der Waals surface area contributed by atoms with Crippen molar-refractivity contribution in [3.63, 3.8) is 0 Å². The summed E-state index contributed by atoms with van der Waals surface area (Å²) in [5.74, 6) is 0.340. The van der Waals surface area contributed by atoms with E-state index in [-0.39, 0.29) is 11.7 Å². The van der Waals surface area contributed by atoms with Crippen molar-refractivity contribution in [1.82, 2.24) is 10.3 Å². The summed E-state index contributed by atoms with van der Waals surface area (Å²) in [6.45, 7) is 2.99. The molecule has 2 aromatic carbocycles. The Balaban J connectivity index is 1.52. The van der Waals surface area contributed by atoms with E-state index in [1.54, 1.807) is 30.3 Å². The maximum atomic E-state index is 13.3. The summed E-state index contributed by atoms with van der Waals surface area (Å²) >= 11 is 1.47. The van der Waals surface area contributed by atoms with Gasteiger partial charge in [0.25, 0.3) is 5.91 Å². The lowest BCUT2D eigenvalue weighted by molar-refractivity contribution is 0.0954. The minimum atomic E-state index is -0.276. The molecule has 0 saturated carbocycles. The average Bonchev–Trinajstić information content (AvgIpc) is 3.11. The third kappa shape index (κ3) is 4.67. The summed E-state index contributed by atoms with van der Waals surface area (Å²) in [5, 5.41) is 5.59. The summed E-state index contributed by atoms with van der Waals surface area (Å²) in [4.78, 5) is 16.7. The highest BCUT2D eigenvalue weighted by Crippen LogP contribution is 2.24. The second-order valence-corrected chi connectivity index (χ2v) is 6.48. The van der Waals surface area contributed by atoms with Gasteiger partial charge in [0, 0.05) is 29.5 Å². The molecule has 0 aliphatic carbocycles. The van der Waals surface area contributed by atoms with Crippen LogP contribution in [0.1, 0.15) is 23.0 Å². The molecule has 1 amide bonds.